The highest BCUT2D eigenvalue weighted by Gasteiger charge is 2.64. The lowest BCUT2D eigenvalue weighted by Crippen LogP contribution is -2.55. The molecule has 47 heavy (non-hydrogen) atoms. The lowest BCUT2D eigenvalue weighted by Gasteiger charge is -2.40. The number of benzene rings is 2. The van der Waals surface area contributed by atoms with Crippen LogP contribution in [0, 0.1) is 5.41 Å². The van der Waals surface area contributed by atoms with Gasteiger partial charge in [-0.05, 0) is 86.5 Å². The molecular formula is C36H45N5O5S. The van der Waals surface area contributed by atoms with Crippen molar-refractivity contribution in [2.75, 3.05) is 41.3 Å². The highest BCUT2D eigenvalue weighted by molar-refractivity contribution is 7.87. The van der Waals surface area contributed by atoms with Gasteiger partial charge in [-0.15, -0.1) is 0 Å². The van der Waals surface area contributed by atoms with Crippen molar-refractivity contribution in [2.45, 2.75) is 81.8 Å². The Morgan fingerprint density at radius 1 is 0.979 bits per heavy atom. The Balaban J connectivity index is 1.31. The fourth-order valence-corrected chi connectivity index (χ4v) is 9.82. The van der Waals surface area contributed by atoms with Gasteiger partial charge in [0.05, 0.1) is 18.2 Å². The Bertz CT molecular complexity index is 1880. The SMILES string of the molecule is COc1ccc2c(c1)C1CC1(C(=O)N1C[C@H]3CC[C@@H](C1)N3C)Cn1c-2c(C2CCCCC2)c2ccc(C(=O)NS(=O)(=O)N(C)C)cc21. The second kappa shape index (κ2) is 11.1. The van der Waals surface area contributed by atoms with Gasteiger partial charge in [0, 0.05) is 73.8 Å². The Kier molecular flexibility index (Phi) is 7.27. The molecule has 4 atom stereocenters. The minimum absolute atomic E-state index is 0.0725. The molecule has 11 heteroatoms. The number of nitrogens with zero attached hydrogens (tertiary/aromatic N) is 4. The van der Waals surface area contributed by atoms with Crippen LogP contribution >= 0.6 is 0 Å². The lowest BCUT2D eigenvalue weighted by molar-refractivity contribution is -0.141. The Morgan fingerprint density at radius 2 is 1.70 bits per heavy atom. The smallest absolute Gasteiger partial charge is 0.303 e. The highest BCUT2D eigenvalue weighted by Crippen LogP contribution is 2.66. The van der Waals surface area contributed by atoms with E-state index in [1.165, 1.54) is 44.5 Å². The predicted molar refractivity (Wildman–Crippen MR) is 181 cm³/mol. The molecule has 0 radical (unpaired) electrons. The number of carbonyl (C=O) groups excluding carboxylic acids is 2. The zero-order valence-electron chi connectivity index (χ0n) is 27.8. The van der Waals surface area contributed by atoms with E-state index in [1.54, 1.807) is 13.2 Å². The number of ether oxygens (including phenoxy) is 1. The molecule has 2 aromatic carbocycles. The van der Waals surface area contributed by atoms with E-state index < -0.39 is 21.5 Å². The molecular weight excluding hydrogens is 614 g/mol. The Hall–Kier alpha value is -3.41. The molecule has 1 aromatic heterocycles. The zero-order chi connectivity index (χ0) is 32.8. The largest absolute Gasteiger partial charge is 0.497 e. The summed E-state index contributed by atoms with van der Waals surface area (Å²) in [5.74, 6) is 0.793. The van der Waals surface area contributed by atoms with Gasteiger partial charge in [-0.1, -0.05) is 25.3 Å². The fraction of sp³-hybridized carbons (Fsp3) is 0.556. The summed E-state index contributed by atoms with van der Waals surface area (Å²) in [6, 6.07) is 12.7. The third kappa shape index (κ3) is 4.83. The maximum Gasteiger partial charge on any atom is 0.303 e. The molecule has 10 nitrogen and oxygen atoms in total. The van der Waals surface area contributed by atoms with E-state index in [0.717, 1.165) is 77.4 Å². The monoisotopic (exact) mass is 659 g/mol. The number of rotatable bonds is 6. The first-order valence-corrected chi connectivity index (χ1v) is 18.6. The molecule has 2 unspecified atom stereocenters. The number of hydrogen-bond donors (Lipinski definition) is 1. The quantitative estimate of drug-likeness (QED) is 0.412. The fourth-order valence-electron chi connectivity index (χ4n) is 9.28. The van der Waals surface area contributed by atoms with Crippen LogP contribution in [0.4, 0.5) is 0 Å². The number of piperazine rings is 1. The van der Waals surface area contributed by atoms with Crippen LogP contribution in [-0.4, -0.2) is 92.3 Å². The summed E-state index contributed by atoms with van der Waals surface area (Å²) in [4.78, 5) is 32.8. The van der Waals surface area contributed by atoms with Crippen molar-refractivity contribution in [3.63, 3.8) is 0 Å². The Morgan fingerprint density at radius 3 is 2.38 bits per heavy atom. The summed E-state index contributed by atoms with van der Waals surface area (Å²) in [6.45, 7) is 2.06. The maximum atomic E-state index is 14.8. The number of likely N-dealkylation sites (tertiary alicyclic amines) is 1. The number of aromatic nitrogens is 1. The molecule has 4 heterocycles. The summed E-state index contributed by atoms with van der Waals surface area (Å²) in [5, 5.41) is 1.08. The van der Waals surface area contributed by atoms with Crippen molar-refractivity contribution in [2.24, 2.45) is 5.41 Å². The number of fused-ring (bicyclic) bond motifs is 9. The van der Waals surface area contributed by atoms with Crippen LogP contribution in [0.3, 0.4) is 0 Å². The van der Waals surface area contributed by atoms with Crippen LogP contribution in [0.5, 0.6) is 5.75 Å². The first-order chi connectivity index (χ1) is 22.5. The molecule has 5 aliphatic rings. The van der Waals surface area contributed by atoms with Crippen molar-refractivity contribution in [3.05, 3.63) is 53.1 Å². The third-order valence-corrected chi connectivity index (χ3v) is 13.5. The van der Waals surface area contributed by atoms with Gasteiger partial charge in [-0.2, -0.15) is 12.7 Å². The van der Waals surface area contributed by atoms with E-state index in [9.17, 15) is 18.0 Å². The van der Waals surface area contributed by atoms with Crippen LogP contribution in [0.25, 0.3) is 22.2 Å². The number of carbonyl (C=O) groups is 2. The summed E-state index contributed by atoms with van der Waals surface area (Å²) >= 11 is 0. The number of hydrogen-bond acceptors (Lipinski definition) is 6. The van der Waals surface area contributed by atoms with E-state index in [-0.39, 0.29) is 17.4 Å². The standard InChI is InChI=1S/C36H45N5O5S/c1-38(2)47(44,45)37-34(42)23-10-14-28-31(16-23)41-21-36(35(43)40-19-24-11-12-25(20-40)39(24)3)18-30(36)29-17-26(46-4)13-15-27(29)33(41)32(28)22-8-6-5-7-9-22/h10,13-17,22,24-25,30H,5-9,11-12,18-21H2,1-4H3,(H,37,42)/t24-,25+,30?,36?. The first kappa shape index (κ1) is 30.9. The van der Waals surface area contributed by atoms with Crippen molar-refractivity contribution < 1.29 is 22.7 Å². The molecule has 0 spiro atoms. The average molecular weight is 660 g/mol. The normalized spacial score (nSPS) is 27.3. The molecule has 250 valence electrons. The molecule has 2 saturated carbocycles. The summed E-state index contributed by atoms with van der Waals surface area (Å²) in [5.41, 5.74) is 5.31. The molecule has 3 aromatic rings. The number of methoxy groups -OCH3 is 1. The van der Waals surface area contributed by atoms with Crippen LogP contribution in [0.15, 0.2) is 36.4 Å². The van der Waals surface area contributed by atoms with E-state index >= 15 is 0 Å². The van der Waals surface area contributed by atoms with Gasteiger partial charge in [0.25, 0.3) is 5.91 Å². The zero-order valence-corrected chi connectivity index (χ0v) is 28.6. The first-order valence-electron chi connectivity index (χ1n) is 17.1. The summed E-state index contributed by atoms with van der Waals surface area (Å²) in [7, 11) is 2.71. The van der Waals surface area contributed by atoms with Gasteiger partial charge >= 0.3 is 10.2 Å². The van der Waals surface area contributed by atoms with Crippen molar-refractivity contribution in [3.8, 4) is 17.0 Å². The second-order valence-electron chi connectivity index (χ2n) is 14.8. The Labute approximate surface area is 277 Å². The van der Waals surface area contributed by atoms with E-state index in [0.29, 0.717) is 24.5 Å². The molecule has 2 saturated heterocycles. The second-order valence-corrected chi connectivity index (χ2v) is 16.6. The van der Waals surface area contributed by atoms with Crippen molar-refractivity contribution in [1.29, 1.82) is 0 Å². The molecule has 8 rings (SSSR count). The van der Waals surface area contributed by atoms with Crippen molar-refractivity contribution in [1.82, 2.24) is 23.4 Å². The molecule has 1 N–H and O–H groups in total. The predicted octanol–water partition coefficient (Wildman–Crippen LogP) is 4.69. The summed E-state index contributed by atoms with van der Waals surface area (Å²) in [6.07, 6.45) is 8.80. The summed E-state index contributed by atoms with van der Waals surface area (Å²) < 4.78 is 36.4. The minimum Gasteiger partial charge on any atom is -0.497 e. The van der Waals surface area contributed by atoms with Crippen molar-refractivity contribution >= 4 is 32.9 Å². The molecule has 3 aliphatic heterocycles. The molecule has 2 aliphatic carbocycles. The third-order valence-electron chi connectivity index (χ3n) is 12.0. The topological polar surface area (TPSA) is 104 Å². The number of amides is 2. The van der Waals surface area contributed by atoms with Crippen LogP contribution in [0.2, 0.25) is 0 Å². The van der Waals surface area contributed by atoms with Gasteiger partial charge in [0.2, 0.25) is 5.91 Å². The van der Waals surface area contributed by atoms with E-state index in [1.807, 2.05) is 18.2 Å². The molecule has 4 fully saturated rings. The maximum absolute atomic E-state index is 14.8. The van der Waals surface area contributed by atoms with Crippen LogP contribution in [0.1, 0.15) is 84.7 Å². The highest BCUT2D eigenvalue weighted by atomic mass is 32.2. The molecule has 2 bridgehead atoms. The number of nitrogens with one attached hydrogen (secondary N) is 1. The van der Waals surface area contributed by atoms with E-state index in [2.05, 4.69) is 38.3 Å². The van der Waals surface area contributed by atoms with Crippen LogP contribution < -0.4 is 9.46 Å². The number of likely N-dealkylation sites (N-methyl/N-ethyl adjacent to an activating group) is 1. The average Bonchev–Trinajstić information content (AvgIpc) is 3.69. The minimum atomic E-state index is -3.96. The van der Waals surface area contributed by atoms with E-state index in [4.69, 9.17) is 4.74 Å². The molecule has 2 amide bonds. The van der Waals surface area contributed by atoms with Gasteiger partial charge in [-0.25, -0.2) is 4.72 Å². The van der Waals surface area contributed by atoms with Gasteiger partial charge < -0.3 is 14.2 Å². The van der Waals surface area contributed by atoms with Gasteiger partial charge in [0.1, 0.15) is 5.75 Å². The van der Waals surface area contributed by atoms with Crippen LogP contribution in [-0.2, 0) is 21.5 Å². The van der Waals surface area contributed by atoms with Gasteiger partial charge in [-0.3, -0.25) is 14.5 Å². The van der Waals surface area contributed by atoms with Gasteiger partial charge in [0.15, 0.2) is 0 Å². The lowest BCUT2D eigenvalue weighted by atomic mass is 9.81.